The maximum Gasteiger partial charge on any atom is 0.169 e. The predicted octanol–water partition coefficient (Wildman–Crippen LogP) is 1.49. The third-order valence-corrected chi connectivity index (χ3v) is 3.43. The lowest BCUT2D eigenvalue weighted by atomic mass is 9.92. The van der Waals surface area contributed by atoms with Crippen LogP contribution in [-0.4, -0.2) is 28.3 Å². The fraction of sp³-hybridized carbons (Fsp3) is 0.667. The van der Waals surface area contributed by atoms with E-state index in [0.717, 1.165) is 31.2 Å². The Balaban J connectivity index is 2.07. The van der Waals surface area contributed by atoms with E-state index in [1.54, 1.807) is 18.0 Å². The molecule has 1 aromatic heterocycles. The molecule has 0 radical (unpaired) electrons. The zero-order valence-corrected chi connectivity index (χ0v) is 9.90. The number of hydrogen-bond donors (Lipinski definition) is 0. The van der Waals surface area contributed by atoms with Crippen molar-refractivity contribution in [2.45, 2.75) is 37.7 Å². The molecule has 1 fully saturated rings. The molecule has 4 nitrogen and oxygen atoms in total. The van der Waals surface area contributed by atoms with Crippen molar-refractivity contribution in [1.29, 1.82) is 0 Å². The minimum Gasteiger partial charge on any atom is -0.370 e. The number of methoxy groups -OCH3 is 1. The van der Waals surface area contributed by atoms with Crippen LogP contribution in [0, 0.1) is 0 Å². The van der Waals surface area contributed by atoms with Crippen molar-refractivity contribution in [3.05, 3.63) is 18.0 Å². The van der Waals surface area contributed by atoms with Crippen LogP contribution in [0.15, 0.2) is 12.4 Å². The highest BCUT2D eigenvalue weighted by molar-refractivity contribution is 5.89. The molecule has 16 heavy (non-hydrogen) atoms. The van der Waals surface area contributed by atoms with Gasteiger partial charge < -0.3 is 4.74 Å². The van der Waals surface area contributed by atoms with Crippen molar-refractivity contribution in [2.24, 2.45) is 7.05 Å². The molecular formula is C12H18N2O2. The first-order valence-corrected chi connectivity index (χ1v) is 5.72. The summed E-state index contributed by atoms with van der Waals surface area (Å²) in [6.07, 6.45) is 7.97. The van der Waals surface area contributed by atoms with Gasteiger partial charge >= 0.3 is 0 Å². The van der Waals surface area contributed by atoms with Crippen molar-refractivity contribution >= 4 is 5.78 Å². The Morgan fingerprint density at radius 2 is 2.25 bits per heavy atom. The summed E-state index contributed by atoms with van der Waals surface area (Å²) in [5.41, 5.74) is 0.450. The number of nitrogens with zero attached hydrogens (tertiary/aromatic N) is 2. The molecule has 1 saturated carbocycles. The normalized spacial score (nSPS) is 18.9. The second kappa shape index (κ2) is 4.37. The minimum absolute atomic E-state index is 0.195. The van der Waals surface area contributed by atoms with E-state index in [-0.39, 0.29) is 5.78 Å². The third-order valence-electron chi connectivity index (χ3n) is 3.43. The van der Waals surface area contributed by atoms with Crippen molar-refractivity contribution < 1.29 is 9.53 Å². The molecule has 0 N–H and O–H groups in total. The SMILES string of the molecule is COC1(C(=O)Cc2cnn(C)c2)CCCC1. The van der Waals surface area contributed by atoms with Gasteiger partial charge in [0.1, 0.15) is 5.60 Å². The van der Waals surface area contributed by atoms with Gasteiger partial charge in [0.15, 0.2) is 5.78 Å². The maximum absolute atomic E-state index is 12.2. The van der Waals surface area contributed by atoms with Crippen LogP contribution in [0.25, 0.3) is 0 Å². The van der Waals surface area contributed by atoms with Gasteiger partial charge in [-0.05, 0) is 31.2 Å². The second-order valence-electron chi connectivity index (χ2n) is 4.53. The number of carbonyl (C=O) groups is 1. The van der Waals surface area contributed by atoms with E-state index in [2.05, 4.69) is 5.10 Å². The number of carbonyl (C=O) groups excluding carboxylic acids is 1. The van der Waals surface area contributed by atoms with Gasteiger partial charge in [0.05, 0.1) is 6.20 Å². The lowest BCUT2D eigenvalue weighted by molar-refractivity contribution is -0.139. The van der Waals surface area contributed by atoms with Crippen LogP contribution in [0.1, 0.15) is 31.2 Å². The third kappa shape index (κ3) is 2.02. The van der Waals surface area contributed by atoms with Gasteiger partial charge in [0, 0.05) is 26.8 Å². The number of aryl methyl sites for hydroxylation is 1. The number of ketones is 1. The summed E-state index contributed by atoms with van der Waals surface area (Å²) in [7, 11) is 3.50. The molecule has 0 unspecified atom stereocenters. The standard InChI is InChI=1S/C12H18N2O2/c1-14-9-10(8-13-14)7-11(15)12(16-2)5-3-4-6-12/h8-9H,3-7H2,1-2H3. The minimum atomic E-state index is -0.518. The summed E-state index contributed by atoms with van der Waals surface area (Å²) in [6.45, 7) is 0. The molecule has 0 amide bonds. The molecule has 1 aliphatic rings. The molecule has 1 heterocycles. The first-order valence-electron chi connectivity index (χ1n) is 5.72. The molecule has 0 saturated heterocycles. The summed E-state index contributed by atoms with van der Waals surface area (Å²) in [5, 5.41) is 4.07. The summed E-state index contributed by atoms with van der Waals surface area (Å²) in [4.78, 5) is 12.2. The number of aromatic nitrogens is 2. The molecule has 0 bridgehead atoms. The maximum atomic E-state index is 12.2. The van der Waals surface area contributed by atoms with E-state index < -0.39 is 5.60 Å². The smallest absolute Gasteiger partial charge is 0.169 e. The monoisotopic (exact) mass is 222 g/mol. The molecule has 0 atom stereocenters. The molecule has 1 aromatic rings. The Morgan fingerprint density at radius 1 is 1.56 bits per heavy atom. The van der Waals surface area contributed by atoms with Gasteiger partial charge in [-0.1, -0.05) is 0 Å². The molecule has 1 aliphatic carbocycles. The average Bonchev–Trinajstić information content (AvgIpc) is 2.88. The van der Waals surface area contributed by atoms with Crippen LogP contribution < -0.4 is 0 Å². The molecule has 4 heteroatoms. The molecular weight excluding hydrogens is 204 g/mol. The number of ether oxygens (including phenoxy) is 1. The second-order valence-corrected chi connectivity index (χ2v) is 4.53. The Morgan fingerprint density at radius 3 is 2.75 bits per heavy atom. The Kier molecular flexibility index (Phi) is 3.10. The van der Waals surface area contributed by atoms with Crippen LogP contribution in [0.2, 0.25) is 0 Å². The van der Waals surface area contributed by atoms with Gasteiger partial charge in [-0.3, -0.25) is 9.48 Å². The van der Waals surface area contributed by atoms with E-state index in [4.69, 9.17) is 4.74 Å². The van der Waals surface area contributed by atoms with Crippen molar-refractivity contribution in [2.75, 3.05) is 7.11 Å². The van der Waals surface area contributed by atoms with Gasteiger partial charge in [0.25, 0.3) is 0 Å². The first-order chi connectivity index (χ1) is 7.66. The highest BCUT2D eigenvalue weighted by atomic mass is 16.5. The Hall–Kier alpha value is -1.16. The molecule has 0 aromatic carbocycles. The van der Waals surface area contributed by atoms with Crippen LogP contribution in [0.5, 0.6) is 0 Å². The van der Waals surface area contributed by atoms with Crippen molar-refractivity contribution in [3.63, 3.8) is 0 Å². The van der Waals surface area contributed by atoms with Crippen molar-refractivity contribution in [3.8, 4) is 0 Å². The topological polar surface area (TPSA) is 44.1 Å². The number of rotatable bonds is 4. The van der Waals surface area contributed by atoms with Gasteiger partial charge in [-0.25, -0.2) is 0 Å². The molecule has 0 spiro atoms. The summed E-state index contributed by atoms with van der Waals surface area (Å²) in [5.74, 6) is 0.195. The predicted molar refractivity (Wildman–Crippen MR) is 60.1 cm³/mol. The zero-order chi connectivity index (χ0) is 11.6. The van der Waals surface area contributed by atoms with Crippen LogP contribution in [0.3, 0.4) is 0 Å². The van der Waals surface area contributed by atoms with Gasteiger partial charge in [0.2, 0.25) is 0 Å². The summed E-state index contributed by atoms with van der Waals surface area (Å²) >= 11 is 0. The lowest BCUT2D eigenvalue weighted by Crippen LogP contribution is -2.38. The quantitative estimate of drug-likeness (QED) is 0.775. The zero-order valence-electron chi connectivity index (χ0n) is 9.90. The van der Waals surface area contributed by atoms with Crippen LogP contribution >= 0.6 is 0 Å². The Bertz CT molecular complexity index is 378. The highest BCUT2D eigenvalue weighted by Gasteiger charge is 2.40. The fourth-order valence-electron chi connectivity index (χ4n) is 2.45. The van der Waals surface area contributed by atoms with Gasteiger partial charge in [-0.2, -0.15) is 5.10 Å². The van der Waals surface area contributed by atoms with E-state index in [1.165, 1.54) is 0 Å². The van der Waals surface area contributed by atoms with Crippen molar-refractivity contribution in [1.82, 2.24) is 9.78 Å². The largest absolute Gasteiger partial charge is 0.370 e. The van der Waals surface area contributed by atoms with E-state index >= 15 is 0 Å². The van der Waals surface area contributed by atoms with Gasteiger partial charge in [-0.15, -0.1) is 0 Å². The molecule has 0 aliphatic heterocycles. The van der Waals surface area contributed by atoms with E-state index in [1.807, 2.05) is 13.2 Å². The molecule has 88 valence electrons. The van der Waals surface area contributed by atoms with Crippen LogP contribution in [-0.2, 0) is 23.0 Å². The average molecular weight is 222 g/mol. The summed E-state index contributed by atoms with van der Waals surface area (Å²) in [6, 6.07) is 0. The number of Topliss-reactive ketones (excluding diaryl/α,β-unsaturated/α-hetero) is 1. The number of hydrogen-bond acceptors (Lipinski definition) is 3. The first kappa shape index (κ1) is 11.3. The summed E-state index contributed by atoms with van der Waals surface area (Å²) < 4.78 is 7.18. The Labute approximate surface area is 95.6 Å². The van der Waals surface area contributed by atoms with E-state index in [9.17, 15) is 4.79 Å². The van der Waals surface area contributed by atoms with Crippen LogP contribution in [0.4, 0.5) is 0 Å². The lowest BCUT2D eigenvalue weighted by Gasteiger charge is -2.25. The van der Waals surface area contributed by atoms with E-state index in [0.29, 0.717) is 6.42 Å². The fourth-order valence-corrected chi connectivity index (χ4v) is 2.45. The highest BCUT2D eigenvalue weighted by Crippen LogP contribution is 2.34. The molecule has 2 rings (SSSR count).